The molecular formula is C3H10ClNO. The summed E-state index contributed by atoms with van der Waals surface area (Å²) in [5.41, 5.74) is 5.04. The predicted molar refractivity (Wildman–Crippen MR) is 28.0 cm³/mol. The van der Waals surface area contributed by atoms with Crippen LogP contribution in [0.1, 0.15) is 6.92 Å². The lowest BCUT2D eigenvalue weighted by molar-refractivity contribution is 0.273. The van der Waals surface area contributed by atoms with Crippen LogP contribution >= 0.6 is 12.4 Å². The van der Waals surface area contributed by atoms with Crippen LogP contribution in [0.4, 0.5) is 0 Å². The highest BCUT2D eigenvalue weighted by Crippen LogP contribution is 1.62. The molecule has 0 fully saturated rings. The van der Waals surface area contributed by atoms with Crippen LogP contribution < -0.4 is 5.73 Å². The molecule has 0 rings (SSSR count). The summed E-state index contributed by atoms with van der Waals surface area (Å²) in [5.74, 6) is 0. The van der Waals surface area contributed by atoms with Crippen LogP contribution in [-0.4, -0.2) is 17.8 Å². The summed E-state index contributed by atoms with van der Waals surface area (Å²) in [6, 6.07) is -0.0602. The van der Waals surface area contributed by atoms with Gasteiger partial charge in [-0.05, 0) is 6.92 Å². The molecule has 0 aromatic heterocycles. The highest BCUT2D eigenvalue weighted by Gasteiger charge is 1.81. The van der Waals surface area contributed by atoms with Crippen molar-refractivity contribution in [3.05, 3.63) is 0 Å². The van der Waals surface area contributed by atoms with Crippen molar-refractivity contribution in [2.45, 2.75) is 13.0 Å². The van der Waals surface area contributed by atoms with E-state index in [1.165, 1.54) is 0 Å². The van der Waals surface area contributed by atoms with Gasteiger partial charge in [0.1, 0.15) is 0 Å². The van der Waals surface area contributed by atoms with E-state index in [1.54, 1.807) is 6.92 Å². The van der Waals surface area contributed by atoms with Crippen molar-refractivity contribution in [3.8, 4) is 0 Å². The molecule has 0 unspecified atom stereocenters. The Morgan fingerprint density at radius 2 is 2.00 bits per heavy atom. The summed E-state index contributed by atoms with van der Waals surface area (Å²) in [4.78, 5) is 0. The maximum Gasteiger partial charge on any atom is 0.0579 e. The molecular weight excluding hydrogens is 101 g/mol. The molecule has 2 nitrogen and oxygen atoms in total. The van der Waals surface area contributed by atoms with E-state index in [0.717, 1.165) is 0 Å². The lowest BCUT2D eigenvalue weighted by Gasteiger charge is -1.91. The normalized spacial score (nSPS) is 12.5. The highest BCUT2D eigenvalue weighted by molar-refractivity contribution is 5.85. The number of aliphatic hydroxyl groups is 1. The smallest absolute Gasteiger partial charge is 0.0579 e. The van der Waals surface area contributed by atoms with Crippen molar-refractivity contribution >= 4 is 12.4 Å². The number of rotatable bonds is 1. The fourth-order valence-electron chi connectivity index (χ4n) is 0. The van der Waals surface area contributed by atoms with Crippen molar-refractivity contribution < 1.29 is 5.11 Å². The molecule has 0 bridgehead atoms. The van der Waals surface area contributed by atoms with Gasteiger partial charge >= 0.3 is 0 Å². The lowest BCUT2D eigenvalue weighted by Crippen LogP contribution is -2.18. The van der Waals surface area contributed by atoms with Crippen LogP contribution in [0.15, 0.2) is 0 Å². The highest BCUT2D eigenvalue weighted by atomic mass is 35.5. The Bertz CT molecular complexity index is 24.8. The van der Waals surface area contributed by atoms with Crippen LogP contribution in [0.2, 0.25) is 0 Å². The number of hydrogen-bond donors (Lipinski definition) is 2. The van der Waals surface area contributed by atoms with Crippen LogP contribution in [0.3, 0.4) is 0 Å². The summed E-state index contributed by atoms with van der Waals surface area (Å²) < 4.78 is 0. The van der Waals surface area contributed by atoms with Gasteiger partial charge in [0, 0.05) is 6.04 Å². The second kappa shape index (κ2) is 5.21. The van der Waals surface area contributed by atoms with Crippen molar-refractivity contribution in [1.29, 1.82) is 0 Å². The number of halogens is 1. The van der Waals surface area contributed by atoms with Gasteiger partial charge in [0.05, 0.1) is 6.61 Å². The van der Waals surface area contributed by atoms with Crippen LogP contribution in [0.25, 0.3) is 0 Å². The lowest BCUT2D eigenvalue weighted by atomic mass is 10.4. The standard InChI is InChI=1S/C3H9NO.ClH/c1-3(4)2-5;/h3,5H,2,4H2,1H3;1H/t3-;/m1./s1. The summed E-state index contributed by atoms with van der Waals surface area (Å²) in [6.45, 7) is 1.83. The van der Waals surface area contributed by atoms with Gasteiger partial charge in [0.2, 0.25) is 0 Å². The summed E-state index contributed by atoms with van der Waals surface area (Å²) in [7, 11) is 0. The number of aliphatic hydroxyl groups excluding tert-OH is 1. The quantitative estimate of drug-likeness (QED) is 0.490. The van der Waals surface area contributed by atoms with E-state index >= 15 is 0 Å². The predicted octanol–water partition coefficient (Wildman–Crippen LogP) is -0.252. The first-order valence-corrected chi connectivity index (χ1v) is 1.64. The molecule has 3 N–H and O–H groups in total. The van der Waals surface area contributed by atoms with Crippen molar-refractivity contribution in [2.75, 3.05) is 6.61 Å². The Labute approximate surface area is 43.8 Å². The van der Waals surface area contributed by atoms with Crippen LogP contribution in [0, 0.1) is 0 Å². The third-order valence-electron chi connectivity index (χ3n) is 0.288. The Hall–Kier alpha value is 0.210. The molecule has 6 heavy (non-hydrogen) atoms. The first-order valence-electron chi connectivity index (χ1n) is 1.64. The molecule has 0 heterocycles. The SMILES string of the molecule is C[C@@H](N)CO.Cl. The summed E-state index contributed by atoms with van der Waals surface area (Å²) >= 11 is 0. The van der Waals surface area contributed by atoms with Gasteiger partial charge in [0.25, 0.3) is 0 Å². The van der Waals surface area contributed by atoms with Crippen molar-refractivity contribution in [3.63, 3.8) is 0 Å². The molecule has 3 heteroatoms. The second-order valence-electron chi connectivity index (χ2n) is 1.16. The summed E-state index contributed by atoms with van der Waals surface area (Å²) in [6.07, 6.45) is 0. The number of nitrogens with two attached hydrogens (primary N) is 1. The van der Waals surface area contributed by atoms with E-state index in [-0.39, 0.29) is 25.1 Å². The maximum atomic E-state index is 8.02. The average molecular weight is 112 g/mol. The molecule has 0 aliphatic heterocycles. The molecule has 0 radical (unpaired) electrons. The van der Waals surface area contributed by atoms with E-state index in [2.05, 4.69) is 0 Å². The Morgan fingerprint density at radius 1 is 1.83 bits per heavy atom. The minimum atomic E-state index is -0.0602. The minimum Gasteiger partial charge on any atom is -0.395 e. The van der Waals surface area contributed by atoms with Crippen LogP contribution in [-0.2, 0) is 0 Å². The van der Waals surface area contributed by atoms with Gasteiger partial charge in [-0.25, -0.2) is 0 Å². The molecule has 0 saturated heterocycles. The Morgan fingerprint density at radius 3 is 2.00 bits per heavy atom. The van der Waals surface area contributed by atoms with E-state index in [9.17, 15) is 0 Å². The molecule has 0 aromatic rings. The first-order chi connectivity index (χ1) is 2.27. The fraction of sp³-hybridized carbons (Fsp3) is 1.00. The zero-order valence-corrected chi connectivity index (χ0v) is 4.53. The molecule has 0 aliphatic rings. The minimum absolute atomic E-state index is 0. The van der Waals surface area contributed by atoms with Gasteiger partial charge in [-0.2, -0.15) is 0 Å². The van der Waals surface area contributed by atoms with Crippen LogP contribution in [0.5, 0.6) is 0 Å². The fourth-order valence-corrected chi connectivity index (χ4v) is 0. The molecule has 0 amide bonds. The molecule has 0 spiro atoms. The van der Waals surface area contributed by atoms with Crippen molar-refractivity contribution in [1.82, 2.24) is 0 Å². The van der Waals surface area contributed by atoms with Gasteiger partial charge in [-0.15, -0.1) is 12.4 Å². The average Bonchev–Trinajstić information content (AvgIpc) is 1.38. The van der Waals surface area contributed by atoms with E-state index in [0.29, 0.717) is 0 Å². The van der Waals surface area contributed by atoms with Gasteiger partial charge in [0.15, 0.2) is 0 Å². The van der Waals surface area contributed by atoms with E-state index in [4.69, 9.17) is 10.8 Å². The number of hydrogen-bond acceptors (Lipinski definition) is 2. The molecule has 0 aromatic carbocycles. The zero-order chi connectivity index (χ0) is 4.28. The van der Waals surface area contributed by atoms with E-state index in [1.807, 2.05) is 0 Å². The molecule has 40 valence electrons. The van der Waals surface area contributed by atoms with E-state index < -0.39 is 0 Å². The Balaban J connectivity index is 0. The topological polar surface area (TPSA) is 46.2 Å². The largest absolute Gasteiger partial charge is 0.395 e. The first kappa shape index (κ1) is 9.51. The molecule has 0 aliphatic carbocycles. The maximum absolute atomic E-state index is 8.02. The monoisotopic (exact) mass is 111 g/mol. The van der Waals surface area contributed by atoms with Gasteiger partial charge in [-0.3, -0.25) is 0 Å². The van der Waals surface area contributed by atoms with Crippen molar-refractivity contribution in [2.24, 2.45) is 5.73 Å². The van der Waals surface area contributed by atoms with Gasteiger partial charge < -0.3 is 10.8 Å². The third-order valence-corrected chi connectivity index (χ3v) is 0.288. The second-order valence-corrected chi connectivity index (χ2v) is 1.16. The van der Waals surface area contributed by atoms with Gasteiger partial charge in [-0.1, -0.05) is 0 Å². The third kappa shape index (κ3) is 8.88. The zero-order valence-electron chi connectivity index (χ0n) is 3.72. The molecule has 1 atom stereocenters. The Kier molecular flexibility index (Phi) is 8.26. The summed E-state index contributed by atoms with van der Waals surface area (Å²) in [5, 5.41) is 8.02. The molecule has 0 saturated carbocycles.